The Labute approximate surface area is 109 Å². The molecule has 0 saturated heterocycles. The average Bonchev–Trinajstić information content (AvgIpc) is 2.96. The normalized spacial score (nSPS) is 23.3. The maximum atomic E-state index is 12.1. The highest BCUT2D eigenvalue weighted by molar-refractivity contribution is 5.79. The van der Waals surface area contributed by atoms with E-state index < -0.39 is 0 Å². The molecule has 0 aromatic carbocycles. The molecule has 1 amide bonds. The first-order valence-corrected chi connectivity index (χ1v) is 6.72. The minimum absolute atomic E-state index is 0.122. The molecule has 0 spiro atoms. The summed E-state index contributed by atoms with van der Waals surface area (Å²) in [6.45, 7) is 3.30. The van der Waals surface area contributed by atoms with Crippen LogP contribution in [-0.4, -0.2) is 17.0 Å². The van der Waals surface area contributed by atoms with E-state index in [0.717, 1.165) is 25.0 Å². The molecular weight excluding hydrogens is 226 g/mol. The van der Waals surface area contributed by atoms with E-state index in [1.807, 2.05) is 7.05 Å². The highest BCUT2D eigenvalue weighted by atomic mass is 16.1. The van der Waals surface area contributed by atoms with Crippen LogP contribution < -0.4 is 11.1 Å². The van der Waals surface area contributed by atoms with Gasteiger partial charge in [-0.2, -0.15) is 0 Å². The van der Waals surface area contributed by atoms with Gasteiger partial charge in [-0.15, -0.1) is 0 Å². The number of hydrogen-bond acceptors (Lipinski definition) is 2. The number of carbonyl (C=O) groups is 1. The van der Waals surface area contributed by atoms with E-state index in [2.05, 4.69) is 28.9 Å². The molecular formula is C14H23N3O. The molecule has 100 valence electrons. The smallest absolute Gasteiger partial charge is 0.223 e. The first-order chi connectivity index (χ1) is 8.63. The Morgan fingerprint density at radius 3 is 2.89 bits per heavy atom. The monoisotopic (exact) mass is 249 g/mol. The number of nitrogens with two attached hydrogens (primary N) is 1. The van der Waals surface area contributed by atoms with Gasteiger partial charge in [-0.25, -0.2) is 0 Å². The van der Waals surface area contributed by atoms with Gasteiger partial charge in [0.05, 0.1) is 6.54 Å². The highest BCUT2D eigenvalue weighted by Crippen LogP contribution is 2.30. The van der Waals surface area contributed by atoms with Gasteiger partial charge in [0.25, 0.3) is 0 Å². The van der Waals surface area contributed by atoms with Crippen LogP contribution in [0.5, 0.6) is 0 Å². The molecule has 18 heavy (non-hydrogen) atoms. The average molecular weight is 249 g/mol. The topological polar surface area (TPSA) is 60.1 Å². The summed E-state index contributed by atoms with van der Waals surface area (Å²) >= 11 is 0. The van der Waals surface area contributed by atoms with Gasteiger partial charge in [0.15, 0.2) is 0 Å². The molecule has 1 aromatic heterocycles. The van der Waals surface area contributed by atoms with Gasteiger partial charge in [0.2, 0.25) is 5.91 Å². The summed E-state index contributed by atoms with van der Waals surface area (Å²) in [5.41, 5.74) is 8.06. The van der Waals surface area contributed by atoms with Crippen molar-refractivity contribution in [3.05, 3.63) is 23.5 Å². The van der Waals surface area contributed by atoms with Crippen molar-refractivity contribution in [1.29, 1.82) is 0 Å². The maximum Gasteiger partial charge on any atom is 0.223 e. The summed E-state index contributed by atoms with van der Waals surface area (Å²) in [4.78, 5) is 12.1. The van der Waals surface area contributed by atoms with Gasteiger partial charge in [-0.05, 0) is 44.4 Å². The number of amides is 1. The molecule has 1 aromatic rings. The van der Waals surface area contributed by atoms with Gasteiger partial charge in [-0.1, -0.05) is 6.42 Å². The third-order valence-corrected chi connectivity index (χ3v) is 4.22. The fraction of sp³-hybridized carbons (Fsp3) is 0.643. The summed E-state index contributed by atoms with van der Waals surface area (Å²) in [6.07, 6.45) is 3.21. The number of carbonyl (C=O) groups excluding carboxylic acids is 1. The Morgan fingerprint density at radius 2 is 2.28 bits per heavy atom. The molecule has 1 aliphatic carbocycles. The minimum Gasteiger partial charge on any atom is -0.350 e. The van der Waals surface area contributed by atoms with Crippen LogP contribution in [0.1, 0.15) is 30.7 Å². The van der Waals surface area contributed by atoms with E-state index in [9.17, 15) is 4.79 Å². The van der Waals surface area contributed by atoms with Crippen molar-refractivity contribution in [3.63, 3.8) is 0 Å². The van der Waals surface area contributed by atoms with E-state index in [-0.39, 0.29) is 11.8 Å². The number of nitrogens with zero attached hydrogens (tertiary/aromatic N) is 1. The zero-order valence-electron chi connectivity index (χ0n) is 11.3. The molecule has 1 saturated carbocycles. The first-order valence-electron chi connectivity index (χ1n) is 6.72. The summed E-state index contributed by atoms with van der Waals surface area (Å²) in [7, 11) is 2.02. The first kappa shape index (κ1) is 13.1. The second-order valence-electron chi connectivity index (χ2n) is 5.28. The predicted molar refractivity (Wildman–Crippen MR) is 71.9 cm³/mol. The quantitative estimate of drug-likeness (QED) is 0.845. The van der Waals surface area contributed by atoms with Crippen LogP contribution in [0.3, 0.4) is 0 Å². The van der Waals surface area contributed by atoms with Crippen molar-refractivity contribution < 1.29 is 4.79 Å². The SMILES string of the molecule is Cc1ccc(CNC(=O)C2CCCC2CN)n1C. The summed E-state index contributed by atoms with van der Waals surface area (Å²) in [5, 5.41) is 3.04. The Morgan fingerprint density at radius 1 is 1.50 bits per heavy atom. The molecule has 4 nitrogen and oxygen atoms in total. The van der Waals surface area contributed by atoms with Crippen molar-refractivity contribution >= 4 is 5.91 Å². The van der Waals surface area contributed by atoms with E-state index >= 15 is 0 Å². The lowest BCUT2D eigenvalue weighted by Crippen LogP contribution is -2.35. The van der Waals surface area contributed by atoms with Gasteiger partial charge >= 0.3 is 0 Å². The van der Waals surface area contributed by atoms with Crippen LogP contribution in [0, 0.1) is 18.8 Å². The van der Waals surface area contributed by atoms with Crippen LogP contribution in [0.2, 0.25) is 0 Å². The lowest BCUT2D eigenvalue weighted by molar-refractivity contribution is -0.126. The van der Waals surface area contributed by atoms with Crippen LogP contribution in [0.25, 0.3) is 0 Å². The van der Waals surface area contributed by atoms with E-state index in [0.29, 0.717) is 19.0 Å². The molecule has 1 heterocycles. The number of hydrogen-bond donors (Lipinski definition) is 2. The molecule has 4 heteroatoms. The summed E-state index contributed by atoms with van der Waals surface area (Å²) < 4.78 is 2.11. The summed E-state index contributed by atoms with van der Waals surface area (Å²) in [6, 6.07) is 4.13. The lowest BCUT2D eigenvalue weighted by Gasteiger charge is -2.17. The number of rotatable bonds is 4. The Balaban J connectivity index is 1.90. The molecule has 1 aliphatic rings. The zero-order chi connectivity index (χ0) is 13.1. The van der Waals surface area contributed by atoms with Gasteiger partial charge in [0, 0.05) is 24.4 Å². The fourth-order valence-electron chi connectivity index (χ4n) is 2.82. The molecule has 0 radical (unpaired) electrons. The predicted octanol–water partition coefficient (Wildman–Crippen LogP) is 1.32. The molecule has 2 unspecified atom stereocenters. The fourth-order valence-corrected chi connectivity index (χ4v) is 2.82. The van der Waals surface area contributed by atoms with Crippen molar-refractivity contribution in [2.75, 3.05) is 6.54 Å². The van der Waals surface area contributed by atoms with E-state index in [1.54, 1.807) is 0 Å². The number of aromatic nitrogens is 1. The molecule has 0 bridgehead atoms. The van der Waals surface area contributed by atoms with Gasteiger partial charge < -0.3 is 15.6 Å². The Bertz CT molecular complexity index is 425. The second-order valence-corrected chi connectivity index (χ2v) is 5.28. The molecule has 1 fully saturated rings. The number of aryl methyl sites for hydroxylation is 1. The maximum absolute atomic E-state index is 12.1. The minimum atomic E-state index is 0.122. The van der Waals surface area contributed by atoms with E-state index in [1.165, 1.54) is 5.69 Å². The largest absolute Gasteiger partial charge is 0.350 e. The molecule has 2 atom stereocenters. The Hall–Kier alpha value is -1.29. The highest BCUT2D eigenvalue weighted by Gasteiger charge is 2.31. The zero-order valence-corrected chi connectivity index (χ0v) is 11.3. The van der Waals surface area contributed by atoms with E-state index in [4.69, 9.17) is 5.73 Å². The summed E-state index contributed by atoms with van der Waals surface area (Å²) in [5.74, 6) is 0.665. The van der Waals surface area contributed by atoms with Crippen molar-refractivity contribution in [1.82, 2.24) is 9.88 Å². The molecule has 3 N–H and O–H groups in total. The van der Waals surface area contributed by atoms with Crippen LogP contribution in [-0.2, 0) is 18.4 Å². The lowest BCUT2D eigenvalue weighted by atomic mass is 9.95. The van der Waals surface area contributed by atoms with Gasteiger partial charge in [0.1, 0.15) is 0 Å². The molecule has 2 rings (SSSR count). The number of nitrogens with one attached hydrogen (secondary N) is 1. The van der Waals surface area contributed by atoms with Crippen LogP contribution in [0.15, 0.2) is 12.1 Å². The van der Waals surface area contributed by atoms with Crippen molar-refractivity contribution in [3.8, 4) is 0 Å². The third kappa shape index (κ3) is 2.58. The van der Waals surface area contributed by atoms with Crippen molar-refractivity contribution in [2.24, 2.45) is 24.6 Å². The Kier molecular flexibility index (Phi) is 4.07. The molecule has 0 aliphatic heterocycles. The second kappa shape index (κ2) is 5.57. The van der Waals surface area contributed by atoms with Gasteiger partial charge in [-0.3, -0.25) is 4.79 Å². The van der Waals surface area contributed by atoms with Crippen molar-refractivity contribution in [2.45, 2.75) is 32.7 Å². The van der Waals surface area contributed by atoms with Crippen LogP contribution in [0.4, 0.5) is 0 Å². The van der Waals surface area contributed by atoms with Crippen LogP contribution >= 0.6 is 0 Å². The standard InChI is InChI=1S/C14H23N3O/c1-10-6-7-12(17(10)2)9-16-14(18)13-5-3-4-11(13)8-15/h6-7,11,13H,3-5,8-9,15H2,1-2H3,(H,16,18). The third-order valence-electron chi connectivity index (χ3n) is 4.22.